The van der Waals surface area contributed by atoms with Crippen LogP contribution in [-0.4, -0.2) is 23.9 Å². The molecule has 0 aromatic carbocycles. The molecule has 1 aromatic rings. The van der Waals surface area contributed by atoms with Gasteiger partial charge in [0.1, 0.15) is 0 Å². The summed E-state index contributed by atoms with van der Waals surface area (Å²) in [6.07, 6.45) is 2.41. The number of amides is 1. The van der Waals surface area contributed by atoms with Crippen LogP contribution >= 0.6 is 11.3 Å². The van der Waals surface area contributed by atoms with Crippen molar-refractivity contribution in [2.24, 2.45) is 5.92 Å². The molecule has 0 bridgehead atoms. The molecule has 0 radical (unpaired) electrons. The maximum absolute atomic E-state index is 11.9. The van der Waals surface area contributed by atoms with Crippen LogP contribution in [0.4, 0.5) is 0 Å². The molecule has 1 atom stereocenters. The van der Waals surface area contributed by atoms with Gasteiger partial charge < -0.3 is 4.90 Å². The van der Waals surface area contributed by atoms with Gasteiger partial charge in [-0.1, -0.05) is 13.0 Å². The van der Waals surface area contributed by atoms with Crippen molar-refractivity contribution in [1.82, 2.24) is 4.90 Å². The molecule has 1 aliphatic heterocycles. The summed E-state index contributed by atoms with van der Waals surface area (Å²) >= 11 is 1.53. The Hall–Kier alpha value is -0.830. The van der Waals surface area contributed by atoms with Gasteiger partial charge in [-0.25, -0.2) is 0 Å². The Morgan fingerprint density at radius 3 is 3.14 bits per heavy atom. The molecule has 2 heterocycles. The van der Waals surface area contributed by atoms with E-state index in [-0.39, 0.29) is 5.91 Å². The fraction of sp³-hybridized carbons (Fsp3) is 0.545. The standard InChI is InChI=1S/C11H15NOS/c1-9-4-2-6-12(8-9)11(13)10-5-3-7-14-10/h3,5,7,9H,2,4,6,8H2,1H3/t9-/m0/s1. The Bertz CT molecular complexity index is 307. The van der Waals surface area contributed by atoms with Gasteiger partial charge in [0.05, 0.1) is 4.88 Å². The van der Waals surface area contributed by atoms with E-state index in [9.17, 15) is 4.79 Å². The molecule has 3 heteroatoms. The van der Waals surface area contributed by atoms with Gasteiger partial charge in [-0.2, -0.15) is 0 Å². The summed E-state index contributed by atoms with van der Waals surface area (Å²) in [4.78, 5) is 14.8. The topological polar surface area (TPSA) is 20.3 Å². The third-order valence-electron chi connectivity index (χ3n) is 2.68. The van der Waals surface area contributed by atoms with E-state index < -0.39 is 0 Å². The zero-order valence-corrected chi connectivity index (χ0v) is 9.22. The Morgan fingerprint density at radius 1 is 1.64 bits per heavy atom. The lowest BCUT2D eigenvalue weighted by Gasteiger charge is -2.30. The van der Waals surface area contributed by atoms with Gasteiger partial charge in [0.2, 0.25) is 0 Å². The van der Waals surface area contributed by atoms with E-state index in [4.69, 9.17) is 0 Å². The summed E-state index contributed by atoms with van der Waals surface area (Å²) in [5.74, 6) is 0.874. The second kappa shape index (κ2) is 4.13. The molecule has 1 amide bonds. The van der Waals surface area contributed by atoms with Crippen molar-refractivity contribution < 1.29 is 4.79 Å². The van der Waals surface area contributed by atoms with Gasteiger partial charge in [-0.15, -0.1) is 11.3 Å². The summed E-state index contributed by atoms with van der Waals surface area (Å²) in [5, 5.41) is 1.96. The third-order valence-corrected chi connectivity index (χ3v) is 3.53. The predicted molar refractivity (Wildman–Crippen MR) is 58.6 cm³/mol. The van der Waals surface area contributed by atoms with Crippen LogP contribution in [0, 0.1) is 5.92 Å². The minimum atomic E-state index is 0.214. The number of hydrogen-bond acceptors (Lipinski definition) is 2. The van der Waals surface area contributed by atoms with Crippen molar-refractivity contribution in [2.45, 2.75) is 19.8 Å². The van der Waals surface area contributed by atoms with E-state index in [2.05, 4.69) is 6.92 Å². The van der Waals surface area contributed by atoms with E-state index in [0.717, 1.165) is 24.4 Å². The summed E-state index contributed by atoms with van der Waals surface area (Å²) in [6, 6.07) is 3.84. The average Bonchev–Trinajstić information content (AvgIpc) is 2.69. The van der Waals surface area contributed by atoms with Gasteiger partial charge in [0, 0.05) is 13.1 Å². The van der Waals surface area contributed by atoms with Crippen molar-refractivity contribution in [3.8, 4) is 0 Å². The van der Waals surface area contributed by atoms with Gasteiger partial charge in [0.15, 0.2) is 0 Å². The molecule has 0 unspecified atom stereocenters. The third kappa shape index (κ3) is 1.98. The largest absolute Gasteiger partial charge is 0.338 e. The first kappa shape index (κ1) is 9.71. The first-order chi connectivity index (χ1) is 6.77. The van der Waals surface area contributed by atoms with E-state index in [1.54, 1.807) is 0 Å². The monoisotopic (exact) mass is 209 g/mol. The summed E-state index contributed by atoms with van der Waals surface area (Å²) in [7, 11) is 0. The number of likely N-dealkylation sites (tertiary alicyclic amines) is 1. The van der Waals surface area contributed by atoms with Crippen LogP contribution in [0.15, 0.2) is 17.5 Å². The quantitative estimate of drug-likeness (QED) is 0.696. The summed E-state index contributed by atoms with van der Waals surface area (Å²) in [6.45, 7) is 4.08. The molecular weight excluding hydrogens is 194 g/mol. The lowest BCUT2D eigenvalue weighted by Crippen LogP contribution is -2.38. The molecule has 2 nitrogen and oxygen atoms in total. The second-order valence-corrected chi connectivity index (χ2v) is 4.92. The Balaban J connectivity index is 2.04. The average molecular weight is 209 g/mol. The fourth-order valence-electron chi connectivity index (χ4n) is 1.93. The molecule has 2 rings (SSSR count). The van der Waals surface area contributed by atoms with Crippen molar-refractivity contribution in [3.05, 3.63) is 22.4 Å². The van der Waals surface area contributed by atoms with E-state index >= 15 is 0 Å². The number of nitrogens with zero attached hydrogens (tertiary/aromatic N) is 1. The molecule has 14 heavy (non-hydrogen) atoms. The van der Waals surface area contributed by atoms with Crippen LogP contribution in [-0.2, 0) is 0 Å². The van der Waals surface area contributed by atoms with Crippen molar-refractivity contribution >= 4 is 17.2 Å². The molecule has 1 saturated heterocycles. The number of thiophene rings is 1. The van der Waals surface area contributed by atoms with Crippen molar-refractivity contribution in [3.63, 3.8) is 0 Å². The zero-order chi connectivity index (χ0) is 9.97. The molecule has 0 aliphatic carbocycles. The van der Waals surface area contributed by atoms with E-state index in [1.165, 1.54) is 17.8 Å². The highest BCUT2D eigenvalue weighted by atomic mass is 32.1. The number of carbonyl (C=O) groups is 1. The van der Waals surface area contributed by atoms with E-state index in [0.29, 0.717) is 5.92 Å². The molecule has 0 saturated carbocycles. The van der Waals surface area contributed by atoms with Crippen LogP contribution < -0.4 is 0 Å². The lowest BCUT2D eigenvalue weighted by molar-refractivity contribution is 0.0688. The van der Waals surface area contributed by atoms with Gasteiger partial charge in [-0.05, 0) is 30.2 Å². The highest BCUT2D eigenvalue weighted by Crippen LogP contribution is 2.19. The maximum Gasteiger partial charge on any atom is 0.263 e. The van der Waals surface area contributed by atoms with Crippen LogP contribution in [0.5, 0.6) is 0 Å². The van der Waals surface area contributed by atoms with Crippen LogP contribution in [0.3, 0.4) is 0 Å². The number of hydrogen-bond donors (Lipinski definition) is 0. The minimum absolute atomic E-state index is 0.214. The minimum Gasteiger partial charge on any atom is -0.338 e. The van der Waals surface area contributed by atoms with Gasteiger partial charge >= 0.3 is 0 Å². The molecular formula is C11H15NOS. The molecule has 0 N–H and O–H groups in total. The normalized spacial score (nSPS) is 22.4. The first-order valence-electron chi connectivity index (χ1n) is 5.10. The van der Waals surface area contributed by atoms with Crippen molar-refractivity contribution in [1.29, 1.82) is 0 Å². The number of carbonyl (C=O) groups excluding carboxylic acids is 1. The predicted octanol–water partition coefficient (Wildman–Crippen LogP) is 2.62. The number of rotatable bonds is 1. The molecule has 1 fully saturated rings. The van der Waals surface area contributed by atoms with Gasteiger partial charge in [-0.3, -0.25) is 4.79 Å². The Labute approximate surface area is 88.5 Å². The number of piperidine rings is 1. The summed E-state index contributed by atoms with van der Waals surface area (Å²) in [5.41, 5.74) is 0. The first-order valence-corrected chi connectivity index (χ1v) is 5.98. The molecule has 76 valence electrons. The summed E-state index contributed by atoms with van der Waals surface area (Å²) < 4.78 is 0. The zero-order valence-electron chi connectivity index (χ0n) is 8.40. The second-order valence-electron chi connectivity index (χ2n) is 3.98. The molecule has 1 aliphatic rings. The van der Waals surface area contributed by atoms with Crippen LogP contribution in [0.2, 0.25) is 0 Å². The lowest BCUT2D eigenvalue weighted by atomic mass is 10.0. The molecule has 1 aromatic heterocycles. The highest BCUT2D eigenvalue weighted by Gasteiger charge is 2.22. The van der Waals surface area contributed by atoms with Gasteiger partial charge in [0.25, 0.3) is 5.91 Å². The van der Waals surface area contributed by atoms with Crippen molar-refractivity contribution in [2.75, 3.05) is 13.1 Å². The fourth-order valence-corrected chi connectivity index (χ4v) is 2.62. The Morgan fingerprint density at radius 2 is 2.50 bits per heavy atom. The van der Waals surface area contributed by atoms with Crippen LogP contribution in [0.1, 0.15) is 29.4 Å². The molecule has 0 spiro atoms. The van der Waals surface area contributed by atoms with Crippen LogP contribution in [0.25, 0.3) is 0 Å². The maximum atomic E-state index is 11.9. The smallest absolute Gasteiger partial charge is 0.263 e. The SMILES string of the molecule is C[C@H]1CCCN(C(=O)c2cccs2)C1. The highest BCUT2D eigenvalue weighted by molar-refractivity contribution is 7.12. The Kier molecular flexibility index (Phi) is 2.87. The van der Waals surface area contributed by atoms with E-state index in [1.807, 2.05) is 22.4 Å².